The second-order valence-corrected chi connectivity index (χ2v) is 6.09. The molecule has 0 aliphatic carbocycles. The van der Waals surface area contributed by atoms with Gasteiger partial charge in [-0.15, -0.1) is 0 Å². The molecule has 25 heavy (non-hydrogen) atoms. The zero-order chi connectivity index (χ0) is 18.1. The van der Waals surface area contributed by atoms with E-state index in [1.165, 1.54) is 11.6 Å². The van der Waals surface area contributed by atoms with E-state index in [9.17, 15) is 4.79 Å². The van der Waals surface area contributed by atoms with E-state index in [1.807, 2.05) is 43.3 Å². The van der Waals surface area contributed by atoms with Gasteiger partial charge in [-0.2, -0.15) is 0 Å². The summed E-state index contributed by atoms with van der Waals surface area (Å²) in [6.07, 6.45) is 2.82. The molecule has 0 heterocycles. The molecule has 0 amide bonds. The lowest BCUT2D eigenvalue weighted by Crippen LogP contribution is -2.05. The maximum absolute atomic E-state index is 11.4. The van der Waals surface area contributed by atoms with E-state index in [4.69, 9.17) is 4.74 Å². The maximum atomic E-state index is 11.4. The molecule has 0 saturated heterocycles. The molecule has 2 heteroatoms. The van der Waals surface area contributed by atoms with E-state index in [0.29, 0.717) is 18.9 Å². The summed E-state index contributed by atoms with van der Waals surface area (Å²) >= 11 is 0. The van der Waals surface area contributed by atoms with Crippen molar-refractivity contribution in [1.82, 2.24) is 0 Å². The van der Waals surface area contributed by atoms with Crippen molar-refractivity contribution >= 4 is 5.78 Å². The van der Waals surface area contributed by atoms with E-state index in [-0.39, 0.29) is 5.78 Å². The van der Waals surface area contributed by atoms with Crippen molar-refractivity contribution in [3.8, 4) is 17.6 Å². The highest BCUT2D eigenvalue weighted by Crippen LogP contribution is 2.14. The standard InChI is InChI=1S/C23H24O2/c1-4-22(24)17-18(3)16-21-10-8-19(9-11-21)6-7-20-12-14-23(15-13-20)25-5-2/h4,8-15,18H,1,5,16-17H2,2-3H3. The van der Waals surface area contributed by atoms with Gasteiger partial charge >= 0.3 is 0 Å². The number of rotatable bonds is 7. The number of carbonyl (C=O) groups is 1. The van der Waals surface area contributed by atoms with Crippen LogP contribution in [-0.2, 0) is 11.2 Å². The molecule has 0 saturated carbocycles. The number of allylic oxidation sites excluding steroid dienone is 1. The third kappa shape index (κ3) is 6.31. The summed E-state index contributed by atoms with van der Waals surface area (Å²) in [7, 11) is 0. The van der Waals surface area contributed by atoms with Gasteiger partial charge in [0.05, 0.1) is 6.61 Å². The van der Waals surface area contributed by atoms with Crippen molar-refractivity contribution in [3.63, 3.8) is 0 Å². The van der Waals surface area contributed by atoms with Crippen LogP contribution in [0.1, 0.15) is 37.0 Å². The lowest BCUT2D eigenvalue weighted by Gasteiger charge is -2.09. The van der Waals surface area contributed by atoms with Gasteiger partial charge in [0.1, 0.15) is 5.75 Å². The van der Waals surface area contributed by atoms with Gasteiger partial charge in [-0.3, -0.25) is 4.79 Å². The molecule has 2 aromatic carbocycles. The normalized spacial score (nSPS) is 11.1. The second kappa shape index (κ2) is 9.49. The van der Waals surface area contributed by atoms with Crippen LogP contribution in [0.15, 0.2) is 61.2 Å². The predicted molar refractivity (Wildman–Crippen MR) is 103 cm³/mol. The van der Waals surface area contributed by atoms with Crippen LogP contribution in [-0.4, -0.2) is 12.4 Å². The van der Waals surface area contributed by atoms with Crippen LogP contribution >= 0.6 is 0 Å². The average Bonchev–Trinajstić information content (AvgIpc) is 2.62. The largest absolute Gasteiger partial charge is 0.494 e. The van der Waals surface area contributed by atoms with E-state index in [0.717, 1.165) is 23.3 Å². The molecule has 0 aliphatic rings. The zero-order valence-corrected chi connectivity index (χ0v) is 14.9. The van der Waals surface area contributed by atoms with Gasteiger partial charge < -0.3 is 4.74 Å². The lowest BCUT2D eigenvalue weighted by atomic mass is 9.95. The highest BCUT2D eigenvalue weighted by Gasteiger charge is 2.07. The summed E-state index contributed by atoms with van der Waals surface area (Å²) in [6.45, 7) is 8.24. The molecule has 2 nitrogen and oxygen atoms in total. The van der Waals surface area contributed by atoms with E-state index in [2.05, 4.69) is 37.5 Å². The minimum Gasteiger partial charge on any atom is -0.494 e. The molecule has 2 rings (SSSR count). The lowest BCUT2D eigenvalue weighted by molar-refractivity contribution is -0.115. The Morgan fingerprint density at radius 2 is 1.64 bits per heavy atom. The minimum atomic E-state index is 0.102. The van der Waals surface area contributed by atoms with Crippen LogP contribution in [0.2, 0.25) is 0 Å². The van der Waals surface area contributed by atoms with E-state index < -0.39 is 0 Å². The topological polar surface area (TPSA) is 26.3 Å². The molecule has 0 bridgehead atoms. The van der Waals surface area contributed by atoms with Crippen LogP contribution in [0, 0.1) is 17.8 Å². The SMILES string of the molecule is C=CC(=O)CC(C)Cc1ccc(C#Cc2ccc(OCC)cc2)cc1. The molecular formula is C23H24O2. The summed E-state index contributed by atoms with van der Waals surface area (Å²) < 4.78 is 5.42. The van der Waals surface area contributed by atoms with E-state index in [1.54, 1.807) is 0 Å². The Morgan fingerprint density at radius 1 is 1.08 bits per heavy atom. The fourth-order valence-corrected chi connectivity index (χ4v) is 2.57. The highest BCUT2D eigenvalue weighted by molar-refractivity contribution is 5.89. The van der Waals surface area contributed by atoms with E-state index >= 15 is 0 Å². The summed E-state index contributed by atoms with van der Waals surface area (Å²) in [5, 5.41) is 0. The fourth-order valence-electron chi connectivity index (χ4n) is 2.57. The van der Waals surface area contributed by atoms with Crippen LogP contribution in [0.25, 0.3) is 0 Å². The predicted octanol–water partition coefficient (Wildman–Crippen LogP) is 4.81. The average molecular weight is 332 g/mol. The molecule has 1 unspecified atom stereocenters. The van der Waals surface area contributed by atoms with Gasteiger partial charge in [0.25, 0.3) is 0 Å². The molecule has 0 spiro atoms. The minimum absolute atomic E-state index is 0.102. The van der Waals surface area contributed by atoms with Crippen LogP contribution < -0.4 is 4.74 Å². The first kappa shape index (κ1) is 18.5. The molecule has 0 aliphatic heterocycles. The molecule has 0 N–H and O–H groups in total. The van der Waals surface area contributed by atoms with Crippen LogP contribution in [0.3, 0.4) is 0 Å². The van der Waals surface area contributed by atoms with Crippen molar-refractivity contribution in [3.05, 3.63) is 77.9 Å². The van der Waals surface area contributed by atoms with Gasteiger partial charge in [-0.25, -0.2) is 0 Å². The Labute approximate surface area is 150 Å². The number of ether oxygens (including phenoxy) is 1. The van der Waals surface area contributed by atoms with Gasteiger partial charge in [-0.05, 0) is 67.3 Å². The fraction of sp³-hybridized carbons (Fsp3) is 0.261. The summed E-state index contributed by atoms with van der Waals surface area (Å²) in [5.41, 5.74) is 3.16. The van der Waals surface area contributed by atoms with Gasteiger partial charge in [0.15, 0.2) is 5.78 Å². The summed E-state index contributed by atoms with van der Waals surface area (Å²) in [6, 6.07) is 16.0. The molecule has 1 atom stereocenters. The highest BCUT2D eigenvalue weighted by atomic mass is 16.5. The van der Waals surface area contributed by atoms with Crippen molar-refractivity contribution in [1.29, 1.82) is 0 Å². The summed E-state index contributed by atoms with van der Waals surface area (Å²) in [4.78, 5) is 11.4. The smallest absolute Gasteiger partial charge is 0.155 e. The first-order chi connectivity index (χ1) is 12.1. The Bertz CT molecular complexity index is 758. The maximum Gasteiger partial charge on any atom is 0.155 e. The summed E-state index contributed by atoms with van der Waals surface area (Å²) in [5.74, 6) is 7.62. The Kier molecular flexibility index (Phi) is 7.04. The molecule has 2 aromatic rings. The molecule has 0 aromatic heterocycles. The Balaban J connectivity index is 1.96. The number of hydrogen-bond donors (Lipinski definition) is 0. The molecule has 0 radical (unpaired) electrons. The first-order valence-corrected chi connectivity index (χ1v) is 8.59. The van der Waals surface area contributed by atoms with Crippen molar-refractivity contribution < 1.29 is 9.53 Å². The van der Waals surface area contributed by atoms with Crippen LogP contribution in [0.5, 0.6) is 5.75 Å². The third-order valence-corrected chi connectivity index (χ3v) is 3.83. The first-order valence-electron chi connectivity index (χ1n) is 8.59. The number of hydrogen-bond acceptors (Lipinski definition) is 2. The number of ketones is 1. The number of carbonyl (C=O) groups excluding carboxylic acids is 1. The van der Waals surface area contributed by atoms with Gasteiger partial charge in [-0.1, -0.05) is 37.5 Å². The number of benzene rings is 2. The Hall–Kier alpha value is -2.79. The molecular weight excluding hydrogens is 308 g/mol. The Morgan fingerprint density at radius 3 is 2.16 bits per heavy atom. The van der Waals surface area contributed by atoms with Gasteiger partial charge in [0.2, 0.25) is 0 Å². The van der Waals surface area contributed by atoms with Crippen molar-refractivity contribution in [2.45, 2.75) is 26.7 Å². The monoisotopic (exact) mass is 332 g/mol. The van der Waals surface area contributed by atoms with Crippen molar-refractivity contribution in [2.75, 3.05) is 6.61 Å². The molecule has 128 valence electrons. The second-order valence-electron chi connectivity index (χ2n) is 6.09. The quantitative estimate of drug-likeness (QED) is 0.537. The third-order valence-electron chi connectivity index (χ3n) is 3.83. The van der Waals surface area contributed by atoms with Crippen molar-refractivity contribution in [2.24, 2.45) is 5.92 Å². The zero-order valence-electron chi connectivity index (χ0n) is 14.9. The van der Waals surface area contributed by atoms with Gasteiger partial charge in [0, 0.05) is 17.5 Å². The van der Waals surface area contributed by atoms with Crippen LogP contribution in [0.4, 0.5) is 0 Å². The molecule has 0 fully saturated rings.